The highest BCUT2D eigenvalue weighted by Crippen LogP contribution is 2.32. The molecular formula is C10H17FN2O. The predicted octanol–water partition coefficient (Wildman–Crippen LogP) is 0.159. The van der Waals surface area contributed by atoms with Gasteiger partial charge in [-0.1, -0.05) is 0 Å². The van der Waals surface area contributed by atoms with Crippen molar-refractivity contribution in [1.29, 1.82) is 0 Å². The minimum atomic E-state index is -0.692. The van der Waals surface area contributed by atoms with E-state index in [1.165, 1.54) is 0 Å². The Labute approximate surface area is 83.6 Å². The van der Waals surface area contributed by atoms with Gasteiger partial charge in [0.25, 0.3) is 0 Å². The molecule has 4 heteroatoms. The number of fused-ring (bicyclic) bond motifs is 2. The zero-order valence-corrected chi connectivity index (χ0v) is 8.29. The lowest BCUT2D eigenvalue weighted by atomic mass is 10.0. The monoisotopic (exact) mass is 200 g/mol. The molecule has 3 nitrogen and oxygen atoms in total. The Kier molecular flexibility index (Phi) is 2.22. The first-order chi connectivity index (χ1) is 6.84. The fraction of sp³-hybridized carbons (Fsp3) is 1.00. The second-order valence-electron chi connectivity index (χ2n) is 4.62. The molecule has 0 amide bonds. The molecule has 0 aliphatic carbocycles. The zero-order valence-electron chi connectivity index (χ0n) is 8.29. The van der Waals surface area contributed by atoms with Gasteiger partial charge in [-0.3, -0.25) is 4.90 Å². The Morgan fingerprint density at radius 1 is 1.43 bits per heavy atom. The molecule has 0 aromatic rings. The Morgan fingerprint density at radius 2 is 2.36 bits per heavy atom. The van der Waals surface area contributed by atoms with Gasteiger partial charge < -0.3 is 10.1 Å². The quantitative estimate of drug-likeness (QED) is 0.652. The van der Waals surface area contributed by atoms with Crippen LogP contribution in [0.25, 0.3) is 0 Å². The molecule has 3 aliphatic heterocycles. The van der Waals surface area contributed by atoms with E-state index in [4.69, 9.17) is 4.74 Å². The van der Waals surface area contributed by atoms with Crippen LogP contribution >= 0.6 is 0 Å². The number of alkyl halides is 1. The summed E-state index contributed by atoms with van der Waals surface area (Å²) >= 11 is 0. The third-order valence-electron chi connectivity index (χ3n) is 3.74. The van der Waals surface area contributed by atoms with Crippen molar-refractivity contribution in [3.63, 3.8) is 0 Å². The summed E-state index contributed by atoms with van der Waals surface area (Å²) in [4.78, 5) is 2.35. The molecule has 3 heterocycles. The first-order valence-corrected chi connectivity index (χ1v) is 5.57. The van der Waals surface area contributed by atoms with Crippen LogP contribution in [0.5, 0.6) is 0 Å². The zero-order chi connectivity index (χ0) is 9.54. The van der Waals surface area contributed by atoms with Crippen LogP contribution in [0.1, 0.15) is 12.8 Å². The summed E-state index contributed by atoms with van der Waals surface area (Å²) in [5.74, 6) is 0. The number of nitrogens with one attached hydrogen (secondary N) is 1. The van der Waals surface area contributed by atoms with E-state index in [-0.39, 0.29) is 6.04 Å². The fourth-order valence-corrected chi connectivity index (χ4v) is 3.02. The van der Waals surface area contributed by atoms with Gasteiger partial charge in [0.15, 0.2) is 0 Å². The van der Waals surface area contributed by atoms with Crippen LogP contribution in [0.15, 0.2) is 0 Å². The van der Waals surface area contributed by atoms with Gasteiger partial charge in [-0.05, 0) is 19.4 Å². The number of nitrogens with zero attached hydrogens (tertiary/aromatic N) is 1. The number of rotatable bonds is 1. The van der Waals surface area contributed by atoms with Gasteiger partial charge >= 0.3 is 0 Å². The van der Waals surface area contributed by atoms with E-state index in [2.05, 4.69) is 10.2 Å². The van der Waals surface area contributed by atoms with Gasteiger partial charge in [-0.2, -0.15) is 0 Å². The molecule has 2 unspecified atom stereocenters. The Hall–Kier alpha value is -0.190. The van der Waals surface area contributed by atoms with Gasteiger partial charge in [0.05, 0.1) is 12.7 Å². The second kappa shape index (κ2) is 3.43. The van der Waals surface area contributed by atoms with E-state index in [0.29, 0.717) is 18.7 Å². The third-order valence-corrected chi connectivity index (χ3v) is 3.74. The molecule has 0 aromatic carbocycles. The molecule has 14 heavy (non-hydrogen) atoms. The summed E-state index contributed by atoms with van der Waals surface area (Å²) in [6, 6.07) is 0.650. The molecule has 2 bridgehead atoms. The minimum Gasteiger partial charge on any atom is -0.375 e. The first-order valence-electron chi connectivity index (χ1n) is 5.57. The molecule has 1 N–H and O–H groups in total. The van der Waals surface area contributed by atoms with Crippen LogP contribution in [-0.4, -0.2) is 55.5 Å². The topological polar surface area (TPSA) is 24.5 Å². The lowest BCUT2D eigenvalue weighted by molar-refractivity contribution is -0.0143. The maximum Gasteiger partial charge on any atom is 0.128 e. The van der Waals surface area contributed by atoms with E-state index in [9.17, 15) is 4.39 Å². The smallest absolute Gasteiger partial charge is 0.128 e. The van der Waals surface area contributed by atoms with E-state index >= 15 is 0 Å². The molecular weight excluding hydrogens is 183 g/mol. The van der Waals surface area contributed by atoms with Gasteiger partial charge in [0.1, 0.15) is 6.17 Å². The van der Waals surface area contributed by atoms with E-state index in [1.54, 1.807) is 0 Å². The van der Waals surface area contributed by atoms with Crippen LogP contribution in [0.3, 0.4) is 0 Å². The molecule has 3 aliphatic rings. The highest BCUT2D eigenvalue weighted by Gasteiger charge is 2.44. The number of hydrogen-bond acceptors (Lipinski definition) is 3. The summed E-state index contributed by atoms with van der Waals surface area (Å²) in [6.07, 6.45) is 1.77. The van der Waals surface area contributed by atoms with Crippen molar-refractivity contribution >= 4 is 0 Å². The summed E-state index contributed by atoms with van der Waals surface area (Å²) in [7, 11) is 0. The standard InChI is InChI=1S/C10H17FN2O/c11-9-4-12-2-1-10(9)13-5-8-3-7(13)6-14-8/h7-10,12H,1-6H2/t7-,8-,9?,10?/m0/s1. The van der Waals surface area contributed by atoms with Crippen LogP contribution in [0, 0.1) is 0 Å². The Morgan fingerprint density at radius 3 is 3.00 bits per heavy atom. The molecule has 3 rings (SSSR count). The van der Waals surface area contributed by atoms with Gasteiger partial charge in [-0.25, -0.2) is 4.39 Å². The molecule has 3 fully saturated rings. The van der Waals surface area contributed by atoms with Gasteiger partial charge in [0, 0.05) is 25.2 Å². The molecule has 0 aromatic heterocycles. The first kappa shape index (κ1) is 9.07. The van der Waals surface area contributed by atoms with Gasteiger partial charge in [-0.15, -0.1) is 0 Å². The number of halogens is 1. The van der Waals surface area contributed by atoms with E-state index in [1.807, 2.05) is 0 Å². The Balaban J connectivity index is 1.69. The molecule has 3 saturated heterocycles. The molecule has 0 saturated carbocycles. The normalized spacial score (nSPS) is 48.6. The number of morpholine rings is 1. The Bertz CT molecular complexity index is 226. The number of ether oxygens (including phenoxy) is 1. The predicted molar refractivity (Wildman–Crippen MR) is 51.0 cm³/mol. The summed E-state index contributed by atoms with van der Waals surface area (Å²) in [6.45, 7) is 3.26. The van der Waals surface area contributed by atoms with Crippen molar-refractivity contribution < 1.29 is 9.13 Å². The summed E-state index contributed by atoms with van der Waals surface area (Å²) in [5.41, 5.74) is 0. The fourth-order valence-electron chi connectivity index (χ4n) is 3.02. The average molecular weight is 200 g/mol. The highest BCUT2D eigenvalue weighted by atomic mass is 19.1. The number of likely N-dealkylation sites (tertiary alicyclic amines) is 1. The second-order valence-corrected chi connectivity index (χ2v) is 4.62. The lowest BCUT2D eigenvalue weighted by Crippen LogP contribution is -2.54. The van der Waals surface area contributed by atoms with Crippen molar-refractivity contribution in [3.05, 3.63) is 0 Å². The number of hydrogen-bond donors (Lipinski definition) is 1. The minimum absolute atomic E-state index is 0.148. The van der Waals surface area contributed by atoms with Crippen LogP contribution < -0.4 is 5.32 Å². The van der Waals surface area contributed by atoms with Crippen LogP contribution in [-0.2, 0) is 4.74 Å². The summed E-state index contributed by atoms with van der Waals surface area (Å²) < 4.78 is 19.2. The van der Waals surface area contributed by atoms with E-state index < -0.39 is 6.17 Å². The SMILES string of the molecule is FC1CNCCC1N1C[C@@H]2C[C@H]1CO2. The van der Waals surface area contributed by atoms with Gasteiger partial charge in [0.2, 0.25) is 0 Å². The maximum atomic E-state index is 13.7. The largest absolute Gasteiger partial charge is 0.375 e. The summed E-state index contributed by atoms with van der Waals surface area (Å²) in [5, 5.41) is 3.10. The van der Waals surface area contributed by atoms with E-state index in [0.717, 1.165) is 32.5 Å². The molecule has 0 spiro atoms. The van der Waals surface area contributed by atoms with Crippen molar-refractivity contribution in [3.8, 4) is 0 Å². The van der Waals surface area contributed by atoms with Crippen molar-refractivity contribution in [1.82, 2.24) is 10.2 Å². The average Bonchev–Trinajstić information content (AvgIpc) is 2.79. The number of piperidine rings is 1. The van der Waals surface area contributed by atoms with Crippen molar-refractivity contribution in [2.75, 3.05) is 26.2 Å². The molecule has 4 atom stereocenters. The highest BCUT2D eigenvalue weighted by molar-refractivity contribution is 4.98. The third kappa shape index (κ3) is 1.36. The van der Waals surface area contributed by atoms with Crippen LogP contribution in [0.2, 0.25) is 0 Å². The maximum absolute atomic E-state index is 13.7. The van der Waals surface area contributed by atoms with Crippen molar-refractivity contribution in [2.24, 2.45) is 0 Å². The lowest BCUT2D eigenvalue weighted by Gasteiger charge is -2.38. The molecule has 0 radical (unpaired) electrons. The molecule has 80 valence electrons. The van der Waals surface area contributed by atoms with Crippen molar-refractivity contribution in [2.45, 2.75) is 37.2 Å². The van der Waals surface area contributed by atoms with Crippen LogP contribution in [0.4, 0.5) is 4.39 Å².